The highest BCUT2D eigenvalue weighted by molar-refractivity contribution is 7.12. The third kappa shape index (κ3) is 6.78. The molecule has 0 aliphatic heterocycles. The third-order valence-corrected chi connectivity index (χ3v) is 4.66. The van der Waals surface area contributed by atoms with E-state index in [0.29, 0.717) is 29.4 Å². The van der Waals surface area contributed by atoms with Crippen molar-refractivity contribution in [3.05, 3.63) is 57.8 Å². The molecule has 2 rings (SSSR count). The normalized spacial score (nSPS) is 11.5. The Morgan fingerprint density at radius 2 is 1.81 bits per heavy atom. The molecule has 0 saturated heterocycles. The molecule has 0 saturated carbocycles. The molecule has 2 amide bonds. The van der Waals surface area contributed by atoms with Gasteiger partial charge in [0.1, 0.15) is 0 Å². The maximum atomic E-state index is 12.3. The van der Waals surface area contributed by atoms with Gasteiger partial charge >= 0.3 is 0 Å². The Labute approximate surface area is 164 Å². The van der Waals surface area contributed by atoms with Crippen LogP contribution in [0.5, 0.6) is 0 Å². The van der Waals surface area contributed by atoms with Crippen molar-refractivity contribution in [3.63, 3.8) is 0 Å². The Balaban J connectivity index is 0.00000338. The lowest BCUT2D eigenvalue weighted by Gasteiger charge is -2.18. The van der Waals surface area contributed by atoms with Gasteiger partial charge in [-0.15, -0.1) is 23.7 Å². The van der Waals surface area contributed by atoms with E-state index >= 15 is 0 Å². The molecule has 1 aromatic heterocycles. The molecule has 1 aromatic carbocycles. The summed E-state index contributed by atoms with van der Waals surface area (Å²) in [4.78, 5) is 24.9. The molecule has 7 heteroatoms. The Morgan fingerprint density at radius 1 is 1.12 bits per heavy atom. The van der Waals surface area contributed by atoms with E-state index < -0.39 is 0 Å². The molecule has 0 bridgehead atoms. The van der Waals surface area contributed by atoms with Crippen molar-refractivity contribution in [2.45, 2.75) is 32.9 Å². The average Bonchev–Trinajstić information content (AvgIpc) is 3.13. The predicted molar refractivity (Wildman–Crippen MR) is 109 cm³/mol. The van der Waals surface area contributed by atoms with E-state index in [4.69, 9.17) is 5.73 Å². The lowest BCUT2D eigenvalue weighted by Crippen LogP contribution is -2.41. The van der Waals surface area contributed by atoms with Gasteiger partial charge in [0.2, 0.25) is 0 Å². The Morgan fingerprint density at radius 3 is 2.35 bits per heavy atom. The molecule has 5 nitrogen and oxygen atoms in total. The van der Waals surface area contributed by atoms with Crippen molar-refractivity contribution in [1.29, 1.82) is 0 Å². The second-order valence-electron chi connectivity index (χ2n) is 6.39. The molecular formula is C19H26ClN3O2S. The van der Waals surface area contributed by atoms with E-state index in [1.54, 1.807) is 18.2 Å². The second kappa shape index (κ2) is 11.0. The summed E-state index contributed by atoms with van der Waals surface area (Å²) in [7, 11) is 0. The zero-order valence-electron chi connectivity index (χ0n) is 15.0. The van der Waals surface area contributed by atoms with Crippen LogP contribution in [0.2, 0.25) is 0 Å². The van der Waals surface area contributed by atoms with Crippen molar-refractivity contribution >= 4 is 35.6 Å². The van der Waals surface area contributed by atoms with Crippen LogP contribution in [0.4, 0.5) is 0 Å². The zero-order valence-corrected chi connectivity index (χ0v) is 16.7. The Kier molecular flexibility index (Phi) is 9.34. The van der Waals surface area contributed by atoms with Crippen LogP contribution in [-0.2, 0) is 6.54 Å². The maximum absolute atomic E-state index is 12.3. The predicted octanol–water partition coefficient (Wildman–Crippen LogP) is 3.20. The molecule has 0 spiro atoms. The van der Waals surface area contributed by atoms with Crippen LogP contribution in [0.15, 0.2) is 41.8 Å². The average molecular weight is 396 g/mol. The number of nitrogens with two attached hydrogens (primary N) is 1. The Bertz CT molecular complexity index is 687. The van der Waals surface area contributed by atoms with Gasteiger partial charge in [-0.05, 0) is 41.5 Å². The van der Waals surface area contributed by atoms with Crippen molar-refractivity contribution in [3.8, 4) is 0 Å². The van der Waals surface area contributed by atoms with Crippen LogP contribution in [0.25, 0.3) is 0 Å². The number of carbonyl (C=O) groups excluding carboxylic acids is 2. The fraction of sp³-hybridized carbons (Fsp3) is 0.368. The molecule has 0 fully saturated rings. The van der Waals surface area contributed by atoms with Gasteiger partial charge in [0.05, 0.1) is 4.88 Å². The molecule has 142 valence electrons. The smallest absolute Gasteiger partial charge is 0.261 e. The lowest BCUT2D eigenvalue weighted by atomic mass is 10.0. The number of rotatable bonds is 8. The van der Waals surface area contributed by atoms with Gasteiger partial charge in [0, 0.05) is 24.7 Å². The van der Waals surface area contributed by atoms with Gasteiger partial charge in [-0.1, -0.05) is 32.0 Å². The van der Waals surface area contributed by atoms with Gasteiger partial charge in [-0.2, -0.15) is 0 Å². The summed E-state index contributed by atoms with van der Waals surface area (Å²) < 4.78 is 0. The molecule has 2 aromatic rings. The topological polar surface area (TPSA) is 84.2 Å². The number of thiophene rings is 1. The summed E-state index contributed by atoms with van der Waals surface area (Å²) in [6, 6.07) is 10.9. The van der Waals surface area contributed by atoms with Crippen LogP contribution >= 0.6 is 23.7 Å². The molecule has 0 aliphatic rings. The quantitative estimate of drug-likeness (QED) is 0.641. The number of benzene rings is 1. The molecule has 1 atom stereocenters. The van der Waals surface area contributed by atoms with Gasteiger partial charge in [0.15, 0.2) is 0 Å². The first-order valence-electron chi connectivity index (χ1n) is 8.41. The standard InChI is InChI=1S/C19H25N3O2S.ClH/c1-13(2)10-16(11-20)22-18(23)15-7-5-14(6-8-15)12-21-19(24)17-4-3-9-25-17;/h3-9,13,16H,10-12,20H2,1-2H3,(H,21,24)(H,22,23);1H. The highest BCUT2D eigenvalue weighted by Gasteiger charge is 2.14. The van der Waals surface area contributed by atoms with E-state index in [1.165, 1.54) is 11.3 Å². The molecule has 1 unspecified atom stereocenters. The number of hydrogen-bond acceptors (Lipinski definition) is 4. The van der Waals surface area contributed by atoms with Crippen LogP contribution in [0, 0.1) is 5.92 Å². The van der Waals surface area contributed by atoms with Crippen molar-refractivity contribution in [2.75, 3.05) is 6.54 Å². The fourth-order valence-electron chi connectivity index (χ4n) is 2.50. The van der Waals surface area contributed by atoms with Gasteiger partial charge in [-0.3, -0.25) is 9.59 Å². The minimum atomic E-state index is -0.120. The monoisotopic (exact) mass is 395 g/mol. The highest BCUT2D eigenvalue weighted by atomic mass is 35.5. The Hall–Kier alpha value is -1.89. The first-order chi connectivity index (χ1) is 12.0. The van der Waals surface area contributed by atoms with Crippen LogP contribution in [-0.4, -0.2) is 24.4 Å². The minimum Gasteiger partial charge on any atom is -0.348 e. The van der Waals surface area contributed by atoms with E-state index in [1.807, 2.05) is 23.6 Å². The van der Waals surface area contributed by atoms with Gasteiger partial charge < -0.3 is 16.4 Å². The summed E-state index contributed by atoms with van der Waals surface area (Å²) in [5.74, 6) is 0.268. The molecule has 4 N–H and O–H groups in total. The van der Waals surface area contributed by atoms with Crippen LogP contribution in [0.1, 0.15) is 45.9 Å². The summed E-state index contributed by atoms with van der Waals surface area (Å²) in [6.45, 7) is 5.07. The number of carbonyl (C=O) groups is 2. The van der Waals surface area contributed by atoms with Gasteiger partial charge in [-0.25, -0.2) is 0 Å². The second-order valence-corrected chi connectivity index (χ2v) is 7.34. The maximum Gasteiger partial charge on any atom is 0.261 e. The molecular weight excluding hydrogens is 370 g/mol. The summed E-state index contributed by atoms with van der Waals surface area (Å²) in [5.41, 5.74) is 7.26. The van der Waals surface area contributed by atoms with E-state index in [2.05, 4.69) is 24.5 Å². The minimum absolute atomic E-state index is 0. The first-order valence-corrected chi connectivity index (χ1v) is 9.29. The first kappa shape index (κ1) is 22.2. The molecule has 1 heterocycles. The number of nitrogens with one attached hydrogen (secondary N) is 2. The number of halogens is 1. The van der Waals surface area contributed by atoms with Crippen molar-refractivity contribution in [1.82, 2.24) is 10.6 Å². The summed E-state index contributed by atoms with van der Waals surface area (Å²) in [6.07, 6.45) is 0.856. The highest BCUT2D eigenvalue weighted by Crippen LogP contribution is 2.10. The third-order valence-electron chi connectivity index (χ3n) is 3.79. The zero-order chi connectivity index (χ0) is 18.2. The summed E-state index contributed by atoms with van der Waals surface area (Å²) in [5, 5.41) is 7.71. The SMILES string of the molecule is CC(C)CC(CN)NC(=O)c1ccc(CNC(=O)c2cccs2)cc1.Cl. The number of hydrogen-bond donors (Lipinski definition) is 3. The van der Waals surface area contributed by atoms with E-state index in [-0.39, 0.29) is 30.3 Å². The van der Waals surface area contributed by atoms with Crippen molar-refractivity contribution in [2.24, 2.45) is 11.7 Å². The van der Waals surface area contributed by atoms with Gasteiger partial charge in [0.25, 0.3) is 11.8 Å². The molecule has 0 aliphatic carbocycles. The molecule has 26 heavy (non-hydrogen) atoms. The fourth-order valence-corrected chi connectivity index (χ4v) is 3.14. The van der Waals surface area contributed by atoms with Crippen molar-refractivity contribution < 1.29 is 9.59 Å². The molecule has 0 radical (unpaired) electrons. The number of amides is 2. The lowest BCUT2D eigenvalue weighted by molar-refractivity contribution is 0.0930. The van der Waals surface area contributed by atoms with Crippen LogP contribution < -0.4 is 16.4 Å². The summed E-state index contributed by atoms with van der Waals surface area (Å²) >= 11 is 1.41. The van der Waals surface area contributed by atoms with E-state index in [9.17, 15) is 9.59 Å². The van der Waals surface area contributed by atoms with E-state index in [0.717, 1.165) is 12.0 Å². The van der Waals surface area contributed by atoms with Crippen LogP contribution in [0.3, 0.4) is 0 Å². The largest absolute Gasteiger partial charge is 0.348 e.